The highest BCUT2D eigenvalue weighted by molar-refractivity contribution is 6.58. The molecule has 0 spiro atoms. The SMILES string of the molecule is CCCCC[Si]1CCC(C2CCC(CCc3ccc(OC(F)(F)F)cc3)CC2)CC1. The van der Waals surface area contributed by atoms with Crippen LogP contribution in [-0.4, -0.2) is 15.2 Å². The Hall–Kier alpha value is -0.973. The van der Waals surface area contributed by atoms with Gasteiger partial charge in [0.25, 0.3) is 0 Å². The van der Waals surface area contributed by atoms with Crippen molar-refractivity contribution in [2.45, 2.75) is 102 Å². The topological polar surface area (TPSA) is 9.23 Å². The van der Waals surface area contributed by atoms with Crippen molar-refractivity contribution in [3.8, 4) is 5.75 Å². The predicted octanol–water partition coefficient (Wildman–Crippen LogP) is 8.42. The van der Waals surface area contributed by atoms with Crippen molar-refractivity contribution >= 4 is 8.80 Å². The van der Waals surface area contributed by atoms with Gasteiger partial charge in [0.1, 0.15) is 5.75 Å². The highest BCUT2D eigenvalue weighted by Crippen LogP contribution is 2.42. The third-order valence-electron chi connectivity index (χ3n) is 7.43. The first-order valence-corrected chi connectivity index (χ1v) is 14.2. The minimum Gasteiger partial charge on any atom is -0.406 e. The van der Waals surface area contributed by atoms with E-state index in [4.69, 9.17) is 0 Å². The number of hydrogen-bond acceptors (Lipinski definition) is 1. The van der Waals surface area contributed by atoms with Crippen LogP contribution in [0.2, 0.25) is 18.1 Å². The lowest BCUT2D eigenvalue weighted by atomic mass is 9.73. The Kier molecular flexibility index (Phi) is 9.15. The van der Waals surface area contributed by atoms with Crippen molar-refractivity contribution < 1.29 is 17.9 Å². The Balaban J connectivity index is 1.32. The average molecular weight is 440 g/mol. The van der Waals surface area contributed by atoms with Crippen molar-refractivity contribution in [2.75, 3.05) is 0 Å². The Bertz CT molecular complexity index is 600. The molecule has 1 radical (unpaired) electrons. The fraction of sp³-hybridized carbons (Fsp3) is 0.760. The maximum absolute atomic E-state index is 12.3. The molecule has 3 rings (SSSR count). The van der Waals surface area contributed by atoms with Gasteiger partial charge in [-0.2, -0.15) is 0 Å². The maximum atomic E-state index is 12.3. The fourth-order valence-corrected chi connectivity index (χ4v) is 8.63. The van der Waals surface area contributed by atoms with E-state index in [1.54, 1.807) is 30.3 Å². The number of benzene rings is 1. The zero-order valence-electron chi connectivity index (χ0n) is 18.5. The highest BCUT2D eigenvalue weighted by Gasteiger charge is 2.32. The van der Waals surface area contributed by atoms with Gasteiger partial charge in [-0.15, -0.1) is 13.2 Å². The maximum Gasteiger partial charge on any atom is 0.573 e. The van der Waals surface area contributed by atoms with E-state index < -0.39 is 6.36 Å². The molecule has 0 unspecified atom stereocenters. The summed E-state index contributed by atoms with van der Waals surface area (Å²) in [4.78, 5) is 0. The molecule has 169 valence electrons. The van der Waals surface area contributed by atoms with Crippen molar-refractivity contribution in [3.63, 3.8) is 0 Å². The van der Waals surface area contributed by atoms with Crippen LogP contribution in [0.1, 0.15) is 76.7 Å². The Morgan fingerprint density at radius 3 is 2.13 bits per heavy atom. The van der Waals surface area contributed by atoms with E-state index >= 15 is 0 Å². The summed E-state index contributed by atoms with van der Waals surface area (Å²) in [6.07, 6.45) is 10.2. The van der Waals surface area contributed by atoms with E-state index in [0.29, 0.717) is 0 Å². The first kappa shape index (κ1) is 23.7. The Morgan fingerprint density at radius 1 is 0.900 bits per heavy atom. The molecular formula is C25H38F3OSi. The van der Waals surface area contributed by atoms with Crippen LogP contribution < -0.4 is 4.74 Å². The summed E-state index contributed by atoms with van der Waals surface area (Å²) in [7, 11) is -0.0246. The number of rotatable bonds is 9. The molecule has 1 saturated heterocycles. The first-order valence-electron chi connectivity index (χ1n) is 12.1. The third kappa shape index (κ3) is 7.94. The molecule has 2 aliphatic rings. The molecule has 0 amide bonds. The quantitative estimate of drug-likeness (QED) is 0.277. The minimum atomic E-state index is -4.62. The molecule has 2 fully saturated rings. The second-order valence-corrected chi connectivity index (χ2v) is 12.6. The lowest BCUT2D eigenvalue weighted by molar-refractivity contribution is -0.274. The summed E-state index contributed by atoms with van der Waals surface area (Å²) >= 11 is 0. The van der Waals surface area contributed by atoms with Crippen LogP contribution in [0.5, 0.6) is 5.75 Å². The molecule has 1 nitrogen and oxygen atoms in total. The Morgan fingerprint density at radius 2 is 1.53 bits per heavy atom. The van der Waals surface area contributed by atoms with Gasteiger partial charge >= 0.3 is 6.36 Å². The second-order valence-electron chi connectivity index (χ2n) is 9.56. The van der Waals surface area contributed by atoms with Crippen LogP contribution >= 0.6 is 0 Å². The molecule has 0 aromatic heterocycles. The summed E-state index contributed by atoms with van der Waals surface area (Å²) in [6.45, 7) is 2.30. The van der Waals surface area contributed by atoms with Crippen LogP contribution in [0.4, 0.5) is 13.2 Å². The van der Waals surface area contributed by atoms with E-state index in [-0.39, 0.29) is 14.5 Å². The molecule has 30 heavy (non-hydrogen) atoms. The number of unbranched alkanes of at least 4 members (excludes halogenated alkanes) is 2. The van der Waals surface area contributed by atoms with Crippen LogP contribution in [0, 0.1) is 17.8 Å². The van der Waals surface area contributed by atoms with Gasteiger partial charge in [0.05, 0.1) is 0 Å². The Labute approximate surface area is 182 Å². The molecule has 1 heterocycles. The molecule has 1 aliphatic heterocycles. The zero-order chi connectivity index (χ0) is 21.4. The minimum absolute atomic E-state index is 0.0246. The molecule has 5 heteroatoms. The van der Waals surface area contributed by atoms with E-state index in [2.05, 4.69) is 11.7 Å². The zero-order valence-corrected chi connectivity index (χ0v) is 19.5. The summed E-state index contributed by atoms with van der Waals surface area (Å²) in [5.41, 5.74) is 1.11. The lowest BCUT2D eigenvalue weighted by Crippen LogP contribution is -2.28. The third-order valence-corrected chi connectivity index (χ3v) is 10.5. The van der Waals surface area contributed by atoms with E-state index in [1.807, 2.05) is 0 Å². The molecule has 0 bridgehead atoms. The number of ether oxygens (including phenoxy) is 1. The smallest absolute Gasteiger partial charge is 0.406 e. The van der Waals surface area contributed by atoms with Crippen molar-refractivity contribution in [3.05, 3.63) is 29.8 Å². The van der Waals surface area contributed by atoms with Gasteiger partial charge in [-0.3, -0.25) is 0 Å². The van der Waals surface area contributed by atoms with Crippen LogP contribution in [0.3, 0.4) is 0 Å². The number of alkyl halides is 3. The molecule has 1 aliphatic carbocycles. The molecule has 1 aromatic rings. The summed E-state index contributed by atoms with van der Waals surface area (Å²) in [5.74, 6) is 2.60. The predicted molar refractivity (Wildman–Crippen MR) is 119 cm³/mol. The molecule has 1 saturated carbocycles. The van der Waals surface area contributed by atoms with Gasteiger partial charge in [0.2, 0.25) is 0 Å². The summed E-state index contributed by atoms with van der Waals surface area (Å²) < 4.78 is 40.7. The lowest BCUT2D eigenvalue weighted by Gasteiger charge is -2.37. The fourth-order valence-electron chi connectivity index (χ4n) is 5.57. The summed E-state index contributed by atoms with van der Waals surface area (Å²) in [6, 6.07) is 11.1. The van der Waals surface area contributed by atoms with E-state index in [0.717, 1.165) is 36.2 Å². The largest absolute Gasteiger partial charge is 0.573 e. The summed E-state index contributed by atoms with van der Waals surface area (Å²) in [5, 5.41) is 0. The van der Waals surface area contributed by atoms with Crippen LogP contribution in [-0.2, 0) is 6.42 Å². The highest BCUT2D eigenvalue weighted by atomic mass is 28.3. The standard InChI is InChI=1S/C25H38F3OSi/c1-2-3-4-17-30-18-15-23(16-19-30)22-11-7-20(8-12-22)5-6-21-9-13-24(14-10-21)29-25(26,27)28/h9-10,13-14,20,22-23H,2-8,11-12,15-19H2,1H3. The molecule has 1 aromatic carbocycles. The number of halogens is 3. The van der Waals surface area contributed by atoms with Gasteiger partial charge < -0.3 is 4.74 Å². The van der Waals surface area contributed by atoms with Crippen molar-refractivity contribution in [1.82, 2.24) is 0 Å². The van der Waals surface area contributed by atoms with Gasteiger partial charge in [-0.05, 0) is 61.1 Å². The average Bonchev–Trinajstić information content (AvgIpc) is 2.73. The monoisotopic (exact) mass is 439 g/mol. The normalized spacial score (nSPS) is 24.1. The van der Waals surface area contributed by atoms with Gasteiger partial charge in [-0.1, -0.05) is 82.1 Å². The van der Waals surface area contributed by atoms with Crippen molar-refractivity contribution in [2.24, 2.45) is 17.8 Å². The molecule has 0 N–H and O–H groups in total. The van der Waals surface area contributed by atoms with E-state index in [9.17, 15) is 13.2 Å². The molecule has 0 atom stereocenters. The number of hydrogen-bond donors (Lipinski definition) is 0. The van der Waals surface area contributed by atoms with Crippen molar-refractivity contribution in [1.29, 1.82) is 0 Å². The van der Waals surface area contributed by atoms with Crippen LogP contribution in [0.15, 0.2) is 24.3 Å². The van der Waals surface area contributed by atoms with Gasteiger partial charge in [-0.25, -0.2) is 0 Å². The van der Waals surface area contributed by atoms with Gasteiger partial charge in [0, 0.05) is 8.80 Å². The molecular weight excluding hydrogens is 401 g/mol. The first-order chi connectivity index (χ1) is 14.4. The number of aryl methyl sites for hydroxylation is 1. The van der Waals surface area contributed by atoms with E-state index in [1.165, 1.54) is 69.9 Å². The van der Waals surface area contributed by atoms with Crippen LogP contribution in [0.25, 0.3) is 0 Å². The van der Waals surface area contributed by atoms with Gasteiger partial charge in [0.15, 0.2) is 0 Å². The second kappa shape index (κ2) is 11.6.